The molecule has 2 aromatic rings. The third kappa shape index (κ3) is 4.43. The van der Waals surface area contributed by atoms with Crippen LogP contribution in [0.1, 0.15) is 23.3 Å². The summed E-state index contributed by atoms with van der Waals surface area (Å²) in [7, 11) is 1.94. The highest BCUT2D eigenvalue weighted by Gasteiger charge is 2.24. The van der Waals surface area contributed by atoms with Gasteiger partial charge in [0.15, 0.2) is 0 Å². The summed E-state index contributed by atoms with van der Waals surface area (Å²) < 4.78 is 1.73. The molecule has 8 heteroatoms. The second-order valence-corrected chi connectivity index (χ2v) is 5.23. The second-order valence-electron chi connectivity index (χ2n) is 5.23. The maximum atomic E-state index is 12.6. The van der Waals surface area contributed by atoms with Gasteiger partial charge in [0.25, 0.3) is 5.91 Å². The molecule has 3 rings (SSSR count). The molecule has 0 saturated carbocycles. The zero-order chi connectivity index (χ0) is 14.7. The van der Waals surface area contributed by atoms with Gasteiger partial charge in [-0.2, -0.15) is 5.10 Å². The Balaban J connectivity index is 0.00000132. The number of hydrogen-bond acceptors (Lipinski definition) is 4. The van der Waals surface area contributed by atoms with Crippen LogP contribution in [0.2, 0.25) is 0 Å². The van der Waals surface area contributed by atoms with Crippen LogP contribution in [0.5, 0.6) is 0 Å². The van der Waals surface area contributed by atoms with Gasteiger partial charge in [0.2, 0.25) is 0 Å². The fourth-order valence-corrected chi connectivity index (χ4v) is 2.66. The SMILES string of the molecule is CNC1CCCN(C(=O)c2cc(-n3cccn3)ccn2)C1.Cl.Cl. The monoisotopic (exact) mass is 357 g/mol. The molecule has 1 N–H and O–H groups in total. The molecule has 1 amide bonds. The number of nitrogens with one attached hydrogen (secondary N) is 1. The molecule has 0 spiro atoms. The normalized spacial score (nSPS) is 17.1. The van der Waals surface area contributed by atoms with Crippen LogP contribution >= 0.6 is 24.8 Å². The molecule has 1 fully saturated rings. The van der Waals surface area contributed by atoms with Gasteiger partial charge >= 0.3 is 0 Å². The second kappa shape index (κ2) is 8.86. The van der Waals surface area contributed by atoms with E-state index < -0.39 is 0 Å². The van der Waals surface area contributed by atoms with Crippen molar-refractivity contribution in [2.24, 2.45) is 0 Å². The van der Waals surface area contributed by atoms with E-state index in [2.05, 4.69) is 15.4 Å². The number of likely N-dealkylation sites (N-methyl/N-ethyl adjacent to an activating group) is 1. The summed E-state index contributed by atoms with van der Waals surface area (Å²) in [6.45, 7) is 1.54. The number of likely N-dealkylation sites (tertiary alicyclic amines) is 1. The average molecular weight is 358 g/mol. The molecule has 23 heavy (non-hydrogen) atoms. The summed E-state index contributed by atoms with van der Waals surface area (Å²) >= 11 is 0. The summed E-state index contributed by atoms with van der Waals surface area (Å²) in [6, 6.07) is 5.86. The first-order valence-corrected chi connectivity index (χ1v) is 7.20. The van der Waals surface area contributed by atoms with Crippen LogP contribution in [0.15, 0.2) is 36.8 Å². The van der Waals surface area contributed by atoms with E-state index in [1.807, 2.05) is 30.3 Å². The Morgan fingerprint density at radius 3 is 2.87 bits per heavy atom. The first-order valence-electron chi connectivity index (χ1n) is 7.20. The van der Waals surface area contributed by atoms with Gasteiger partial charge < -0.3 is 10.2 Å². The Hall–Kier alpha value is -1.63. The van der Waals surface area contributed by atoms with E-state index in [4.69, 9.17) is 0 Å². The molecule has 1 aliphatic heterocycles. The summed E-state index contributed by atoms with van der Waals surface area (Å²) in [5.74, 6) is -0.0102. The zero-order valence-corrected chi connectivity index (χ0v) is 14.5. The zero-order valence-electron chi connectivity index (χ0n) is 12.9. The van der Waals surface area contributed by atoms with Crippen LogP contribution in [-0.2, 0) is 0 Å². The molecular formula is C15H21Cl2N5O. The van der Waals surface area contributed by atoms with E-state index in [1.54, 1.807) is 23.1 Å². The molecule has 0 aliphatic carbocycles. The minimum atomic E-state index is -0.0102. The summed E-state index contributed by atoms with van der Waals surface area (Å²) in [5, 5.41) is 7.42. The van der Waals surface area contributed by atoms with Crippen LogP contribution in [0.4, 0.5) is 0 Å². The Morgan fingerprint density at radius 2 is 2.17 bits per heavy atom. The van der Waals surface area contributed by atoms with Crippen molar-refractivity contribution in [3.8, 4) is 5.69 Å². The van der Waals surface area contributed by atoms with E-state index in [-0.39, 0.29) is 30.7 Å². The Labute approximate surface area is 148 Å². The van der Waals surface area contributed by atoms with Gasteiger partial charge in [-0.15, -0.1) is 24.8 Å². The number of halogens is 2. The van der Waals surface area contributed by atoms with Crippen LogP contribution < -0.4 is 5.32 Å². The van der Waals surface area contributed by atoms with Crippen molar-refractivity contribution in [1.29, 1.82) is 0 Å². The van der Waals surface area contributed by atoms with Crippen LogP contribution in [0, 0.1) is 0 Å². The predicted molar refractivity (Wildman–Crippen MR) is 93.8 cm³/mol. The minimum absolute atomic E-state index is 0. The first-order chi connectivity index (χ1) is 10.3. The highest BCUT2D eigenvalue weighted by atomic mass is 35.5. The first kappa shape index (κ1) is 19.4. The molecule has 0 radical (unpaired) electrons. The van der Waals surface area contributed by atoms with Crippen LogP contribution in [0.25, 0.3) is 5.69 Å². The lowest BCUT2D eigenvalue weighted by Crippen LogP contribution is -2.47. The average Bonchev–Trinajstić information content (AvgIpc) is 3.09. The molecule has 126 valence electrons. The summed E-state index contributed by atoms with van der Waals surface area (Å²) in [5.41, 5.74) is 1.32. The number of piperidine rings is 1. The van der Waals surface area contributed by atoms with E-state index in [0.717, 1.165) is 31.6 Å². The summed E-state index contributed by atoms with van der Waals surface area (Å²) in [4.78, 5) is 18.7. The Morgan fingerprint density at radius 1 is 1.35 bits per heavy atom. The minimum Gasteiger partial charge on any atom is -0.336 e. The van der Waals surface area contributed by atoms with Crippen molar-refractivity contribution in [2.45, 2.75) is 18.9 Å². The van der Waals surface area contributed by atoms with Crippen molar-refractivity contribution in [2.75, 3.05) is 20.1 Å². The van der Waals surface area contributed by atoms with Crippen molar-refractivity contribution < 1.29 is 4.79 Å². The number of aromatic nitrogens is 3. The fourth-order valence-electron chi connectivity index (χ4n) is 2.66. The standard InChI is InChI=1S/C15H19N5O.2ClH/c1-16-12-4-2-8-19(11-12)15(21)14-10-13(5-7-17-14)20-9-3-6-18-20;;/h3,5-7,9-10,12,16H,2,4,8,11H2,1H3;2*1H. The number of pyridine rings is 1. The van der Waals surface area contributed by atoms with Crippen molar-refractivity contribution in [3.63, 3.8) is 0 Å². The number of hydrogen-bond donors (Lipinski definition) is 1. The molecule has 0 aromatic carbocycles. The molecule has 1 unspecified atom stereocenters. The Kier molecular flexibility index (Phi) is 7.48. The third-order valence-electron chi connectivity index (χ3n) is 3.85. The molecular weight excluding hydrogens is 337 g/mol. The van der Waals surface area contributed by atoms with Gasteiger partial charge in [0, 0.05) is 37.7 Å². The third-order valence-corrected chi connectivity index (χ3v) is 3.85. The van der Waals surface area contributed by atoms with E-state index in [1.165, 1.54) is 0 Å². The number of amides is 1. The molecule has 1 aliphatic rings. The number of rotatable bonds is 3. The summed E-state index contributed by atoms with van der Waals surface area (Å²) in [6.07, 6.45) is 7.35. The largest absolute Gasteiger partial charge is 0.336 e. The molecule has 1 atom stereocenters. The number of carbonyl (C=O) groups excluding carboxylic acids is 1. The molecule has 2 aromatic heterocycles. The maximum absolute atomic E-state index is 12.6. The maximum Gasteiger partial charge on any atom is 0.272 e. The van der Waals surface area contributed by atoms with Crippen LogP contribution in [0.3, 0.4) is 0 Å². The number of carbonyl (C=O) groups is 1. The van der Waals surface area contributed by atoms with Crippen molar-refractivity contribution >= 4 is 30.7 Å². The van der Waals surface area contributed by atoms with Gasteiger partial charge in [-0.05, 0) is 38.1 Å². The van der Waals surface area contributed by atoms with Gasteiger partial charge in [0.05, 0.1) is 5.69 Å². The highest BCUT2D eigenvalue weighted by molar-refractivity contribution is 5.92. The lowest BCUT2D eigenvalue weighted by molar-refractivity contribution is 0.0692. The predicted octanol–water partition coefficient (Wildman–Crippen LogP) is 1.93. The van der Waals surface area contributed by atoms with Crippen molar-refractivity contribution in [3.05, 3.63) is 42.5 Å². The molecule has 1 saturated heterocycles. The Bertz CT molecular complexity index is 620. The topological polar surface area (TPSA) is 63.1 Å². The van der Waals surface area contributed by atoms with Crippen LogP contribution in [-0.4, -0.2) is 51.8 Å². The lowest BCUT2D eigenvalue weighted by Gasteiger charge is -2.32. The molecule has 6 nitrogen and oxygen atoms in total. The van der Waals surface area contributed by atoms with E-state index in [9.17, 15) is 4.79 Å². The molecule has 0 bridgehead atoms. The lowest BCUT2D eigenvalue weighted by atomic mass is 10.1. The highest BCUT2D eigenvalue weighted by Crippen LogP contribution is 2.14. The smallest absolute Gasteiger partial charge is 0.272 e. The number of nitrogens with zero attached hydrogens (tertiary/aromatic N) is 4. The molecule has 3 heterocycles. The quantitative estimate of drug-likeness (QED) is 0.911. The van der Waals surface area contributed by atoms with E-state index >= 15 is 0 Å². The van der Waals surface area contributed by atoms with Gasteiger partial charge in [-0.3, -0.25) is 9.78 Å². The van der Waals surface area contributed by atoms with Gasteiger partial charge in [0.1, 0.15) is 5.69 Å². The van der Waals surface area contributed by atoms with Crippen molar-refractivity contribution in [1.82, 2.24) is 25.0 Å². The fraction of sp³-hybridized carbons (Fsp3) is 0.400. The van der Waals surface area contributed by atoms with Gasteiger partial charge in [-0.1, -0.05) is 0 Å². The van der Waals surface area contributed by atoms with E-state index in [0.29, 0.717) is 11.7 Å². The van der Waals surface area contributed by atoms with Gasteiger partial charge in [-0.25, -0.2) is 4.68 Å².